The van der Waals surface area contributed by atoms with E-state index in [0.29, 0.717) is 23.7 Å². The number of methoxy groups -OCH3 is 3. The zero-order valence-electron chi connectivity index (χ0n) is 19.9. The van der Waals surface area contributed by atoms with Crippen LogP contribution in [0.1, 0.15) is 18.4 Å². The van der Waals surface area contributed by atoms with Crippen LogP contribution in [0.25, 0.3) is 0 Å². The molecule has 188 valence electrons. The van der Waals surface area contributed by atoms with Gasteiger partial charge < -0.3 is 30.2 Å². The van der Waals surface area contributed by atoms with E-state index in [4.69, 9.17) is 14.2 Å². The molecule has 0 aliphatic carbocycles. The van der Waals surface area contributed by atoms with Crippen molar-refractivity contribution in [2.45, 2.75) is 30.9 Å². The summed E-state index contributed by atoms with van der Waals surface area (Å²) in [4.78, 5) is 37.1. The van der Waals surface area contributed by atoms with Gasteiger partial charge >= 0.3 is 0 Å². The lowest BCUT2D eigenvalue weighted by molar-refractivity contribution is -0.125. The van der Waals surface area contributed by atoms with E-state index in [-0.39, 0.29) is 42.4 Å². The molecule has 11 heteroatoms. The lowest BCUT2D eigenvalue weighted by atomic mass is 10.1. The lowest BCUT2D eigenvalue weighted by Crippen LogP contribution is -2.56. The molecule has 1 aliphatic heterocycles. The molecule has 0 radical (unpaired) electrons. The highest BCUT2D eigenvalue weighted by Gasteiger charge is 2.28. The average Bonchev–Trinajstić information content (AvgIpc) is 2.86. The molecular weight excluding hydrogens is 472 g/mol. The Labute approximate surface area is 208 Å². The van der Waals surface area contributed by atoms with Gasteiger partial charge in [0, 0.05) is 31.5 Å². The standard InChI is InChI=1S/C24H30N4O6S/c1-32-17-6-4-5-15(9-17)13-25-21(29)10-16-11-22(30)28-24(26-16)35-14-23(31)27-19-12-18(33-2)7-8-20(19)34-3/h4-9,12,16,24,26H,10-11,13-14H2,1-3H3,(H,25,29)(H,27,31)(H,28,30). The van der Waals surface area contributed by atoms with Crippen LogP contribution in [0.4, 0.5) is 5.69 Å². The number of benzene rings is 2. The minimum absolute atomic E-state index is 0.0765. The molecular formula is C24H30N4O6S. The maximum atomic E-state index is 12.5. The van der Waals surface area contributed by atoms with E-state index in [9.17, 15) is 14.4 Å². The first-order valence-electron chi connectivity index (χ1n) is 11.0. The summed E-state index contributed by atoms with van der Waals surface area (Å²) < 4.78 is 15.7. The molecule has 2 unspecified atom stereocenters. The molecule has 35 heavy (non-hydrogen) atoms. The van der Waals surface area contributed by atoms with Crippen molar-refractivity contribution in [2.24, 2.45) is 0 Å². The smallest absolute Gasteiger partial charge is 0.234 e. The Kier molecular flexibility index (Phi) is 9.62. The number of nitrogens with one attached hydrogen (secondary N) is 4. The number of carbonyl (C=O) groups excluding carboxylic acids is 3. The second-order valence-corrected chi connectivity index (χ2v) is 8.87. The fraction of sp³-hybridized carbons (Fsp3) is 0.375. The summed E-state index contributed by atoms with van der Waals surface area (Å²) in [6.07, 6.45) is 0.318. The lowest BCUT2D eigenvalue weighted by Gasteiger charge is -2.30. The first-order valence-corrected chi connectivity index (χ1v) is 12.0. The number of anilines is 1. The molecule has 3 rings (SSSR count). The number of carbonyl (C=O) groups is 3. The van der Waals surface area contributed by atoms with Crippen LogP contribution in [-0.4, -0.2) is 56.3 Å². The van der Waals surface area contributed by atoms with E-state index >= 15 is 0 Å². The molecule has 1 heterocycles. The van der Waals surface area contributed by atoms with E-state index in [1.54, 1.807) is 25.3 Å². The number of hydrogen-bond donors (Lipinski definition) is 4. The predicted molar refractivity (Wildman–Crippen MR) is 134 cm³/mol. The third-order valence-corrected chi connectivity index (χ3v) is 6.24. The van der Waals surface area contributed by atoms with Crippen LogP contribution in [0.5, 0.6) is 17.2 Å². The number of ether oxygens (including phenoxy) is 3. The van der Waals surface area contributed by atoms with Gasteiger partial charge in [-0.05, 0) is 29.8 Å². The Hall–Kier alpha value is -3.44. The van der Waals surface area contributed by atoms with Crippen LogP contribution in [0.3, 0.4) is 0 Å². The van der Waals surface area contributed by atoms with Gasteiger partial charge in [-0.25, -0.2) is 0 Å². The number of rotatable bonds is 11. The van der Waals surface area contributed by atoms with Gasteiger partial charge in [-0.15, -0.1) is 11.8 Å². The van der Waals surface area contributed by atoms with Gasteiger partial charge in [-0.2, -0.15) is 0 Å². The summed E-state index contributed by atoms with van der Waals surface area (Å²) in [5, 5.41) is 11.7. The van der Waals surface area contributed by atoms with Crippen LogP contribution in [0.15, 0.2) is 42.5 Å². The molecule has 10 nitrogen and oxygen atoms in total. The number of amides is 3. The largest absolute Gasteiger partial charge is 0.497 e. The Morgan fingerprint density at radius 3 is 2.54 bits per heavy atom. The van der Waals surface area contributed by atoms with Crippen LogP contribution in [0, 0.1) is 0 Å². The fourth-order valence-corrected chi connectivity index (χ4v) is 4.39. The normalized spacial score (nSPS) is 17.2. The highest BCUT2D eigenvalue weighted by molar-refractivity contribution is 8.00. The van der Waals surface area contributed by atoms with E-state index in [2.05, 4.69) is 21.3 Å². The Morgan fingerprint density at radius 1 is 1.03 bits per heavy atom. The summed E-state index contributed by atoms with van der Waals surface area (Å²) in [7, 11) is 4.64. The zero-order valence-corrected chi connectivity index (χ0v) is 20.7. The fourth-order valence-electron chi connectivity index (χ4n) is 3.50. The first-order chi connectivity index (χ1) is 16.9. The highest BCUT2D eigenvalue weighted by atomic mass is 32.2. The second-order valence-electron chi connectivity index (χ2n) is 7.77. The van der Waals surface area contributed by atoms with Crippen LogP contribution >= 0.6 is 11.8 Å². The highest BCUT2D eigenvalue weighted by Crippen LogP contribution is 2.29. The zero-order chi connectivity index (χ0) is 25.2. The molecule has 2 atom stereocenters. The molecule has 3 amide bonds. The van der Waals surface area contributed by atoms with Crippen molar-refractivity contribution in [1.82, 2.24) is 16.0 Å². The second kappa shape index (κ2) is 12.9. The van der Waals surface area contributed by atoms with Crippen LogP contribution < -0.4 is 35.5 Å². The Morgan fingerprint density at radius 2 is 1.80 bits per heavy atom. The van der Waals surface area contributed by atoms with Crippen molar-refractivity contribution in [3.05, 3.63) is 48.0 Å². The van der Waals surface area contributed by atoms with Crippen molar-refractivity contribution >= 4 is 35.2 Å². The number of hydrogen-bond acceptors (Lipinski definition) is 8. The van der Waals surface area contributed by atoms with Gasteiger partial charge in [0.15, 0.2) is 0 Å². The molecule has 2 aromatic rings. The average molecular weight is 503 g/mol. The van der Waals surface area contributed by atoms with Gasteiger partial charge in [0.1, 0.15) is 22.7 Å². The van der Waals surface area contributed by atoms with Gasteiger partial charge in [0.25, 0.3) is 0 Å². The van der Waals surface area contributed by atoms with Crippen LogP contribution in [0.2, 0.25) is 0 Å². The summed E-state index contributed by atoms with van der Waals surface area (Å²) in [6, 6.07) is 12.2. The van der Waals surface area contributed by atoms with Crippen molar-refractivity contribution in [3.63, 3.8) is 0 Å². The van der Waals surface area contributed by atoms with Gasteiger partial charge in [-0.1, -0.05) is 12.1 Å². The molecule has 0 spiro atoms. The minimum Gasteiger partial charge on any atom is -0.497 e. The predicted octanol–water partition coefficient (Wildman–Crippen LogP) is 1.85. The van der Waals surface area contributed by atoms with Crippen molar-refractivity contribution in [2.75, 3.05) is 32.4 Å². The topological polar surface area (TPSA) is 127 Å². The summed E-state index contributed by atoms with van der Waals surface area (Å²) >= 11 is 1.22. The third-order valence-electron chi connectivity index (χ3n) is 5.23. The van der Waals surface area contributed by atoms with E-state index in [0.717, 1.165) is 11.3 Å². The summed E-state index contributed by atoms with van der Waals surface area (Å²) in [6.45, 7) is 0.362. The molecule has 0 saturated carbocycles. The quantitative estimate of drug-likeness (QED) is 0.367. The van der Waals surface area contributed by atoms with E-state index < -0.39 is 5.50 Å². The minimum atomic E-state index is -0.495. The maximum Gasteiger partial charge on any atom is 0.234 e. The molecule has 4 N–H and O–H groups in total. The van der Waals surface area contributed by atoms with Gasteiger partial charge in [-0.3, -0.25) is 19.7 Å². The van der Waals surface area contributed by atoms with Crippen molar-refractivity contribution in [3.8, 4) is 17.2 Å². The summed E-state index contributed by atoms with van der Waals surface area (Å²) in [5.41, 5.74) is 0.910. The molecule has 1 saturated heterocycles. The first kappa shape index (κ1) is 26.2. The summed E-state index contributed by atoms with van der Waals surface area (Å²) in [5.74, 6) is 1.27. The molecule has 1 aliphatic rings. The van der Waals surface area contributed by atoms with Gasteiger partial charge in [0.05, 0.1) is 32.8 Å². The van der Waals surface area contributed by atoms with Gasteiger partial charge in [0.2, 0.25) is 17.7 Å². The van der Waals surface area contributed by atoms with E-state index in [1.807, 2.05) is 24.3 Å². The SMILES string of the molecule is COc1cccc(CNC(=O)CC2CC(=O)NC(SCC(=O)Nc3cc(OC)ccc3OC)N2)c1. The van der Waals surface area contributed by atoms with Crippen molar-refractivity contribution in [1.29, 1.82) is 0 Å². The molecule has 0 aromatic heterocycles. The van der Waals surface area contributed by atoms with E-state index in [1.165, 1.54) is 26.0 Å². The molecule has 1 fully saturated rings. The monoisotopic (exact) mass is 502 g/mol. The van der Waals surface area contributed by atoms with Crippen LogP contribution in [-0.2, 0) is 20.9 Å². The molecule has 0 bridgehead atoms. The molecule has 2 aromatic carbocycles. The van der Waals surface area contributed by atoms with Crippen molar-refractivity contribution < 1.29 is 28.6 Å². The number of thioether (sulfide) groups is 1. The Balaban J connectivity index is 1.46. The third kappa shape index (κ3) is 8.08. The maximum absolute atomic E-state index is 12.5. The Bertz CT molecular complexity index is 1050.